The van der Waals surface area contributed by atoms with Crippen molar-refractivity contribution in [3.05, 3.63) is 54.1 Å². The van der Waals surface area contributed by atoms with Crippen molar-refractivity contribution >= 4 is 29.0 Å². The molecule has 0 radical (unpaired) electrons. The zero-order valence-corrected chi connectivity index (χ0v) is 23.2. The van der Waals surface area contributed by atoms with Gasteiger partial charge in [0.25, 0.3) is 0 Å². The molecular weight excluding hydrogens is 528 g/mol. The van der Waals surface area contributed by atoms with Crippen molar-refractivity contribution in [1.29, 1.82) is 5.26 Å². The molecule has 3 aromatic rings. The van der Waals surface area contributed by atoms with Gasteiger partial charge in [0, 0.05) is 19.6 Å². The number of fused-ring (bicyclic) bond motifs is 2. The molecule has 13 nitrogen and oxygen atoms in total. The number of methoxy groups -OCH3 is 1. The Balaban J connectivity index is 1.36. The quantitative estimate of drug-likeness (QED) is 0.342. The molecule has 1 aromatic carbocycles. The Labute approximate surface area is 237 Å². The first kappa shape index (κ1) is 28.6. The minimum absolute atomic E-state index is 0.283. The predicted molar refractivity (Wildman–Crippen MR) is 149 cm³/mol. The largest absolute Gasteiger partial charge is 0.468 e. The SMILES string of the molecule is COC(=O)[C@@H](N)CCN(C/C=C/c1ccc(C#N)cc1)C[C@H]1O[C@@H](n2cnc3c(N)ncnc32)[C@@H]2OC(C)(C)O[C@@H]21. The van der Waals surface area contributed by atoms with Gasteiger partial charge in [-0.25, -0.2) is 15.0 Å². The number of hydrogen-bond donors (Lipinski definition) is 2. The summed E-state index contributed by atoms with van der Waals surface area (Å²) >= 11 is 0. The Morgan fingerprint density at radius 1 is 1.24 bits per heavy atom. The van der Waals surface area contributed by atoms with Crippen molar-refractivity contribution in [1.82, 2.24) is 24.4 Å². The van der Waals surface area contributed by atoms with Crippen LogP contribution >= 0.6 is 0 Å². The summed E-state index contributed by atoms with van der Waals surface area (Å²) in [5.74, 6) is -0.989. The van der Waals surface area contributed by atoms with E-state index in [1.54, 1.807) is 23.0 Å². The van der Waals surface area contributed by atoms with Crippen molar-refractivity contribution in [2.45, 2.75) is 56.6 Å². The van der Waals surface area contributed by atoms with Crippen LogP contribution in [0.5, 0.6) is 0 Å². The molecule has 5 atom stereocenters. The summed E-state index contributed by atoms with van der Waals surface area (Å²) in [5, 5.41) is 9.05. The number of benzene rings is 1. The van der Waals surface area contributed by atoms with Crippen molar-refractivity contribution in [2.75, 3.05) is 32.5 Å². The van der Waals surface area contributed by atoms with E-state index in [2.05, 4.69) is 25.9 Å². The molecule has 4 heterocycles. The molecule has 0 bridgehead atoms. The standard InChI is InChI=1S/C28H34N8O5/c1-28(2)40-22-20(39-26(23(22)41-28)36-16-34-21-24(31)32-15-33-25(21)36)14-35(12-10-19(30)27(37)38-3)11-4-5-17-6-8-18(13-29)9-7-17/h4-9,15-16,19-20,22-23,26H,10-12,14,30H2,1-3H3,(H2,31,32,33)/b5-4+/t19-,20+,22+,23+,26+/m0/s1. The smallest absolute Gasteiger partial charge is 0.322 e. The third-order valence-corrected chi connectivity index (χ3v) is 7.20. The fourth-order valence-corrected chi connectivity index (χ4v) is 5.20. The maximum absolute atomic E-state index is 12.0. The molecule has 2 saturated heterocycles. The van der Waals surface area contributed by atoms with Gasteiger partial charge in [0.15, 0.2) is 23.5 Å². The van der Waals surface area contributed by atoms with E-state index in [9.17, 15) is 4.79 Å². The number of aromatic nitrogens is 4. The van der Waals surface area contributed by atoms with Crippen LogP contribution < -0.4 is 11.5 Å². The van der Waals surface area contributed by atoms with Crippen LogP contribution in [0.3, 0.4) is 0 Å². The first-order chi connectivity index (χ1) is 19.7. The molecule has 4 N–H and O–H groups in total. The number of anilines is 1. The predicted octanol–water partition coefficient (Wildman–Crippen LogP) is 1.60. The summed E-state index contributed by atoms with van der Waals surface area (Å²) in [6, 6.07) is 8.70. The lowest BCUT2D eigenvalue weighted by molar-refractivity contribution is -0.197. The van der Waals surface area contributed by atoms with Crippen LogP contribution in [-0.4, -0.2) is 87.3 Å². The van der Waals surface area contributed by atoms with E-state index >= 15 is 0 Å². The molecule has 13 heteroatoms. The van der Waals surface area contributed by atoms with Crippen LogP contribution in [0, 0.1) is 11.3 Å². The molecule has 2 fully saturated rings. The van der Waals surface area contributed by atoms with Crippen LogP contribution in [0.4, 0.5) is 5.82 Å². The zero-order chi connectivity index (χ0) is 29.1. The summed E-state index contributed by atoms with van der Waals surface area (Å²) in [6.07, 6.45) is 5.70. The second-order valence-corrected chi connectivity index (χ2v) is 10.5. The lowest BCUT2D eigenvalue weighted by atomic mass is 10.1. The Hall–Kier alpha value is -3.93. The highest BCUT2D eigenvalue weighted by molar-refractivity contribution is 5.81. The Morgan fingerprint density at radius 3 is 2.73 bits per heavy atom. The number of esters is 1. The van der Waals surface area contributed by atoms with Crippen molar-refractivity contribution in [3.8, 4) is 6.07 Å². The first-order valence-electron chi connectivity index (χ1n) is 13.4. The molecular formula is C28H34N8O5. The summed E-state index contributed by atoms with van der Waals surface area (Å²) in [5.41, 5.74) is 14.7. The number of carbonyl (C=O) groups excluding carboxylic acids is 1. The minimum atomic E-state index is -0.812. The number of rotatable bonds is 10. The van der Waals surface area contributed by atoms with E-state index in [0.717, 1.165) is 5.56 Å². The van der Waals surface area contributed by atoms with Gasteiger partial charge in [-0.1, -0.05) is 24.3 Å². The van der Waals surface area contributed by atoms with Crippen molar-refractivity contribution in [3.63, 3.8) is 0 Å². The number of nitrogen functional groups attached to an aromatic ring is 1. The highest BCUT2D eigenvalue weighted by Gasteiger charge is 2.56. The Bertz CT molecular complexity index is 1450. The fourth-order valence-electron chi connectivity index (χ4n) is 5.20. The van der Waals surface area contributed by atoms with Crippen LogP contribution in [0.2, 0.25) is 0 Å². The Morgan fingerprint density at radius 2 is 2.00 bits per heavy atom. The molecule has 5 rings (SSSR count). The number of hydrogen-bond acceptors (Lipinski definition) is 12. The van der Waals surface area contributed by atoms with E-state index in [1.165, 1.54) is 13.4 Å². The lowest BCUT2D eigenvalue weighted by Gasteiger charge is -2.29. The van der Waals surface area contributed by atoms with Gasteiger partial charge in [0.1, 0.15) is 36.2 Å². The molecule has 0 unspecified atom stereocenters. The average Bonchev–Trinajstić information content (AvgIpc) is 3.63. The van der Waals surface area contributed by atoms with Gasteiger partial charge >= 0.3 is 5.97 Å². The van der Waals surface area contributed by atoms with Gasteiger partial charge in [-0.3, -0.25) is 14.3 Å². The topological polar surface area (TPSA) is 177 Å². The van der Waals surface area contributed by atoms with E-state index in [-0.39, 0.29) is 18.0 Å². The Kier molecular flexibility index (Phi) is 8.30. The molecule has 41 heavy (non-hydrogen) atoms. The van der Waals surface area contributed by atoms with Crippen LogP contribution in [0.25, 0.3) is 17.2 Å². The molecule has 0 spiro atoms. The molecule has 2 aliphatic rings. The van der Waals surface area contributed by atoms with E-state index < -0.39 is 30.1 Å². The molecule has 2 aliphatic heterocycles. The first-order valence-corrected chi connectivity index (χ1v) is 13.4. The average molecular weight is 563 g/mol. The lowest BCUT2D eigenvalue weighted by Crippen LogP contribution is -2.42. The number of ether oxygens (including phenoxy) is 4. The molecule has 0 amide bonds. The van der Waals surface area contributed by atoms with Crippen LogP contribution in [0.1, 0.15) is 37.6 Å². The fraction of sp³-hybridized carbons (Fsp3) is 0.464. The van der Waals surface area contributed by atoms with Gasteiger partial charge in [0.2, 0.25) is 0 Å². The maximum atomic E-state index is 12.0. The normalized spacial score (nSPS) is 24.1. The third kappa shape index (κ3) is 6.22. The number of nitrogens with zero attached hydrogens (tertiary/aromatic N) is 6. The second-order valence-electron chi connectivity index (χ2n) is 10.5. The van der Waals surface area contributed by atoms with Gasteiger partial charge in [-0.2, -0.15) is 5.26 Å². The monoisotopic (exact) mass is 562 g/mol. The van der Waals surface area contributed by atoms with Crippen LogP contribution in [0.15, 0.2) is 43.0 Å². The number of carbonyl (C=O) groups is 1. The van der Waals surface area contributed by atoms with E-state index in [4.69, 9.17) is 35.7 Å². The number of nitrogens with two attached hydrogens (primary N) is 2. The summed E-state index contributed by atoms with van der Waals surface area (Å²) < 4.78 is 25.8. The van der Waals surface area contributed by atoms with Gasteiger partial charge in [-0.15, -0.1) is 0 Å². The summed E-state index contributed by atoms with van der Waals surface area (Å²) in [7, 11) is 1.32. The van der Waals surface area contributed by atoms with Gasteiger partial charge in [0.05, 0.1) is 25.1 Å². The highest BCUT2D eigenvalue weighted by atomic mass is 16.8. The molecule has 0 aliphatic carbocycles. The van der Waals surface area contributed by atoms with Crippen molar-refractivity contribution in [2.24, 2.45) is 5.73 Å². The van der Waals surface area contributed by atoms with Gasteiger partial charge in [-0.05, 0) is 38.0 Å². The third-order valence-electron chi connectivity index (χ3n) is 7.20. The van der Waals surface area contributed by atoms with Gasteiger partial charge < -0.3 is 30.4 Å². The maximum Gasteiger partial charge on any atom is 0.322 e. The zero-order valence-electron chi connectivity index (χ0n) is 23.2. The van der Waals surface area contributed by atoms with Crippen LogP contribution in [-0.2, 0) is 23.7 Å². The van der Waals surface area contributed by atoms with E-state index in [0.29, 0.717) is 42.8 Å². The number of nitriles is 1. The van der Waals surface area contributed by atoms with E-state index in [1.807, 2.05) is 38.1 Å². The minimum Gasteiger partial charge on any atom is -0.468 e. The molecule has 0 saturated carbocycles. The van der Waals surface area contributed by atoms with Crippen molar-refractivity contribution < 1.29 is 23.7 Å². The second kappa shape index (κ2) is 11.9. The summed E-state index contributed by atoms with van der Waals surface area (Å²) in [6.45, 7) is 5.29. The highest BCUT2D eigenvalue weighted by Crippen LogP contribution is 2.44. The number of imidazole rings is 1. The molecule has 216 valence electrons. The molecule has 2 aromatic heterocycles. The summed E-state index contributed by atoms with van der Waals surface area (Å²) in [4.78, 5) is 26.9.